The minimum atomic E-state index is -1.61. The maximum atomic E-state index is 15.1. The minimum Gasteiger partial charge on any atom is -0.390 e. The van der Waals surface area contributed by atoms with Crippen molar-refractivity contribution in [2.75, 3.05) is 62.9 Å². The highest BCUT2D eigenvalue weighted by Crippen LogP contribution is 2.26. The molecule has 1 heterocycles. The summed E-state index contributed by atoms with van der Waals surface area (Å²) in [6.45, 7) is 29.3. The van der Waals surface area contributed by atoms with E-state index in [1.54, 1.807) is 54.5 Å². The molecule has 0 spiro atoms. The third-order valence-electron chi connectivity index (χ3n) is 16.1. The Labute approximate surface area is 521 Å². The quantitative estimate of drug-likeness (QED) is 0.129. The van der Waals surface area contributed by atoms with Gasteiger partial charge >= 0.3 is 0 Å². The third-order valence-corrected chi connectivity index (χ3v) is 16.1. The molecule has 1 aliphatic heterocycles. The van der Waals surface area contributed by atoms with Crippen molar-refractivity contribution in [1.29, 1.82) is 0 Å². The van der Waals surface area contributed by atoms with Crippen molar-refractivity contribution in [3.63, 3.8) is 0 Å². The molecule has 0 radical (unpaired) electrons. The van der Waals surface area contributed by atoms with Gasteiger partial charge in [-0.1, -0.05) is 109 Å². The van der Waals surface area contributed by atoms with E-state index < -0.39 is 156 Å². The van der Waals surface area contributed by atoms with E-state index in [1.807, 2.05) is 61.5 Å². The highest BCUT2D eigenvalue weighted by Gasteiger charge is 2.45. The Balaban J connectivity index is 0.0000366. The van der Waals surface area contributed by atoms with Crippen LogP contribution in [0.3, 0.4) is 0 Å². The summed E-state index contributed by atoms with van der Waals surface area (Å²) in [5.74, 6) is -9.71. The van der Waals surface area contributed by atoms with E-state index in [0.717, 1.165) is 9.80 Å². The van der Waals surface area contributed by atoms with Crippen LogP contribution in [-0.2, 0) is 52.7 Å². The Hall–Kier alpha value is -6.17. The highest BCUT2D eigenvalue weighted by atomic mass is 16.3. The fourth-order valence-corrected chi connectivity index (χ4v) is 10.7. The Bertz CT molecular complexity index is 2330. The zero-order valence-corrected chi connectivity index (χ0v) is 57.6. The number of nitrogens with two attached hydrogens (primary N) is 1. The molecule has 12 atom stereocenters. The van der Waals surface area contributed by atoms with Gasteiger partial charge in [0.15, 0.2) is 0 Å². The van der Waals surface area contributed by atoms with Gasteiger partial charge in [0.2, 0.25) is 65.0 Å². The summed E-state index contributed by atoms with van der Waals surface area (Å²) in [4.78, 5) is 169. The average Bonchev–Trinajstić information content (AvgIpc) is 1.33. The first-order chi connectivity index (χ1) is 40.2. The van der Waals surface area contributed by atoms with Gasteiger partial charge in [0.1, 0.15) is 60.4 Å². The minimum absolute atomic E-state index is 0.0229. The van der Waals surface area contributed by atoms with Crippen molar-refractivity contribution in [3.8, 4) is 0 Å². The van der Waals surface area contributed by atoms with Crippen molar-refractivity contribution in [2.24, 2.45) is 47.2 Å². The number of aliphatic hydroxyl groups excluding tert-OH is 1. The van der Waals surface area contributed by atoms with Gasteiger partial charge in [0.05, 0.1) is 12.6 Å². The molecule has 0 bridgehead atoms. The number of allylic oxidation sites excluding steroid dienone is 2. The largest absolute Gasteiger partial charge is 0.390 e. The standard InChI is InChI=1S/C62H111N11O12.CH5N/c1-25-27-28-40(15)52(75)51-56(79)65-43(26-2)58(81)67(18)33-48(74)68(19)44(29-34(3)4)55(78)66-49(38(11)12)61(84)69(20)45(30-35(5)6)54(77)63-41(16)53(76)64-42(17)57(80)70(21)46(31-36(7)8)59(82)71(22)47(32-37(9)10)60(83)72(23)50(39(13)14)62(85)73(51)24;1-2/h25,27,34-47,49-52,75H,26,28-33H2,1-24H3,(H,63,77)(H,64,76)(H,65,79)(H,66,78);2H2,1H3/t40-,41+,42-,43+,44+,45+,46+,47+,49+,50+,51+,52-;/m1./s1. The van der Waals surface area contributed by atoms with E-state index in [0.29, 0.717) is 6.42 Å². The van der Waals surface area contributed by atoms with E-state index in [9.17, 15) is 48.3 Å². The van der Waals surface area contributed by atoms with Crippen LogP contribution >= 0.6 is 0 Å². The Morgan fingerprint density at radius 2 is 0.874 bits per heavy atom. The van der Waals surface area contributed by atoms with Crippen LogP contribution in [0.15, 0.2) is 12.2 Å². The SMILES string of the molecule is CC=CC[C@@H](C)[C@@H](O)[C@H]1C(=O)N[C@@H](CC)C(=O)N(C)CC(=O)N(C)[C@@H](CC(C)C)C(=O)N[C@@H](C(C)C)C(=O)N(C)[C@@H](CC(C)C)C(=O)N[C@@H](C)C(=O)N[C@H](C)C(=O)N(C)[C@@H](CC(C)C)C(=O)N(C)[C@@H](CC(C)C)C(=O)N(C)[C@@H](C(C)C)C(=O)N1C.CN. The monoisotopic (exact) mass is 1230 g/mol. The molecule has 0 aromatic carbocycles. The van der Waals surface area contributed by atoms with Gasteiger partial charge in [-0.2, -0.15) is 0 Å². The summed E-state index contributed by atoms with van der Waals surface area (Å²) in [6, 6.07) is -12.3. The van der Waals surface area contributed by atoms with Crippen LogP contribution in [0.2, 0.25) is 0 Å². The lowest BCUT2D eigenvalue weighted by Crippen LogP contribution is -2.63. The smallest absolute Gasteiger partial charge is 0.246 e. The van der Waals surface area contributed by atoms with Crippen molar-refractivity contribution >= 4 is 65.0 Å². The van der Waals surface area contributed by atoms with Crippen molar-refractivity contribution < 1.29 is 57.8 Å². The summed E-state index contributed by atoms with van der Waals surface area (Å²) in [7, 11) is 11.4. The summed E-state index contributed by atoms with van der Waals surface area (Å²) in [5, 5.41) is 23.1. The van der Waals surface area contributed by atoms with E-state index in [-0.39, 0.29) is 55.8 Å². The second-order valence-corrected chi connectivity index (χ2v) is 26.1. The van der Waals surface area contributed by atoms with Crippen LogP contribution in [0.25, 0.3) is 0 Å². The van der Waals surface area contributed by atoms with Crippen LogP contribution in [0, 0.1) is 41.4 Å². The van der Waals surface area contributed by atoms with Crippen LogP contribution in [0.4, 0.5) is 0 Å². The number of aliphatic hydroxyl groups is 1. The maximum absolute atomic E-state index is 15.1. The number of amides is 11. The van der Waals surface area contributed by atoms with Crippen LogP contribution in [0.5, 0.6) is 0 Å². The second kappa shape index (κ2) is 37.6. The predicted molar refractivity (Wildman–Crippen MR) is 339 cm³/mol. The molecule has 1 rings (SSSR count). The number of carbonyl (C=O) groups is 11. The van der Waals surface area contributed by atoms with E-state index in [2.05, 4.69) is 27.0 Å². The van der Waals surface area contributed by atoms with Crippen LogP contribution in [-0.4, -0.2) is 234 Å². The molecule has 7 N–H and O–H groups in total. The lowest BCUT2D eigenvalue weighted by atomic mass is 9.91. The zero-order chi connectivity index (χ0) is 68.0. The van der Waals surface area contributed by atoms with Gasteiger partial charge in [-0.05, 0) is 108 Å². The molecule has 1 aliphatic rings. The molecule has 11 amide bonds. The number of nitrogens with zero attached hydrogens (tertiary/aromatic N) is 7. The first-order valence-electron chi connectivity index (χ1n) is 31.1. The molecular weight excluding hydrogens is 1120 g/mol. The molecule has 1 fully saturated rings. The lowest BCUT2D eigenvalue weighted by Gasteiger charge is -2.41. The molecule has 0 aliphatic carbocycles. The number of nitrogens with one attached hydrogen (secondary N) is 4. The average molecular weight is 1230 g/mol. The van der Waals surface area contributed by atoms with Gasteiger partial charge in [-0.25, -0.2) is 0 Å². The van der Waals surface area contributed by atoms with Crippen molar-refractivity contribution in [3.05, 3.63) is 12.2 Å². The zero-order valence-electron chi connectivity index (χ0n) is 57.6. The van der Waals surface area contributed by atoms with Crippen LogP contribution in [0.1, 0.15) is 156 Å². The fraction of sp³-hybridized carbons (Fsp3) is 0.794. The number of hydrogen-bond donors (Lipinski definition) is 6. The summed E-state index contributed by atoms with van der Waals surface area (Å²) in [5.41, 5.74) is 4.50. The molecule has 1 saturated heterocycles. The second-order valence-electron chi connectivity index (χ2n) is 26.1. The number of likely N-dealkylation sites (N-methyl/N-ethyl adjacent to an activating group) is 7. The molecule has 24 heteroatoms. The maximum Gasteiger partial charge on any atom is 0.246 e. The number of rotatable bonds is 15. The van der Waals surface area contributed by atoms with Gasteiger partial charge in [0.25, 0.3) is 0 Å². The summed E-state index contributed by atoms with van der Waals surface area (Å²) in [6.07, 6.45) is 3.04. The first-order valence-corrected chi connectivity index (χ1v) is 31.1. The molecule has 87 heavy (non-hydrogen) atoms. The van der Waals surface area contributed by atoms with Crippen molar-refractivity contribution in [2.45, 2.75) is 223 Å². The Kier molecular flexibility index (Phi) is 35.0. The van der Waals surface area contributed by atoms with Gasteiger partial charge < -0.3 is 66.4 Å². The van der Waals surface area contributed by atoms with Gasteiger partial charge in [-0.15, -0.1) is 0 Å². The van der Waals surface area contributed by atoms with Crippen molar-refractivity contribution in [1.82, 2.24) is 55.6 Å². The summed E-state index contributed by atoms with van der Waals surface area (Å²) < 4.78 is 0. The fourth-order valence-electron chi connectivity index (χ4n) is 10.7. The van der Waals surface area contributed by atoms with E-state index in [1.165, 1.54) is 94.7 Å². The molecule has 24 nitrogen and oxygen atoms in total. The molecular formula is C63H116N12O12. The lowest BCUT2D eigenvalue weighted by molar-refractivity contribution is -0.157. The summed E-state index contributed by atoms with van der Waals surface area (Å²) >= 11 is 0. The Morgan fingerprint density at radius 3 is 1.31 bits per heavy atom. The molecule has 0 unspecified atom stereocenters. The molecule has 500 valence electrons. The number of carbonyl (C=O) groups excluding carboxylic acids is 11. The Morgan fingerprint density at radius 1 is 0.471 bits per heavy atom. The molecule has 0 aromatic rings. The first kappa shape index (κ1) is 80.8. The van der Waals surface area contributed by atoms with E-state index in [4.69, 9.17) is 0 Å². The van der Waals surface area contributed by atoms with Crippen LogP contribution < -0.4 is 27.0 Å². The molecule has 0 saturated carbocycles. The highest BCUT2D eigenvalue weighted by molar-refractivity contribution is 5.99. The predicted octanol–water partition coefficient (Wildman–Crippen LogP) is 2.84. The third kappa shape index (κ3) is 23.4. The number of hydrogen-bond acceptors (Lipinski definition) is 13. The molecule has 0 aromatic heterocycles. The van der Waals surface area contributed by atoms with Gasteiger partial charge in [-0.3, -0.25) is 52.7 Å². The van der Waals surface area contributed by atoms with Gasteiger partial charge in [0, 0.05) is 49.3 Å². The normalized spacial score (nSPS) is 26.4. The topological polar surface area (TPSA) is 305 Å². The van der Waals surface area contributed by atoms with E-state index >= 15 is 9.59 Å².